The Morgan fingerprint density at radius 1 is 1.08 bits per heavy atom. The molecule has 2 aromatic rings. The van der Waals surface area contributed by atoms with Crippen molar-refractivity contribution in [3.63, 3.8) is 0 Å². The number of carbonyl (C=O) groups excluding carboxylic acids is 2. The number of rotatable bonds is 8. The van der Waals surface area contributed by atoms with Gasteiger partial charge in [-0.25, -0.2) is 0 Å². The summed E-state index contributed by atoms with van der Waals surface area (Å²) in [6.45, 7) is 2.41. The fourth-order valence-electron chi connectivity index (χ4n) is 2.56. The van der Waals surface area contributed by atoms with Crippen LogP contribution >= 0.6 is 23.2 Å². The van der Waals surface area contributed by atoms with Gasteiger partial charge in [0.15, 0.2) is 0 Å². The van der Waals surface area contributed by atoms with Gasteiger partial charge in [0.05, 0.1) is 0 Å². The molecule has 26 heavy (non-hydrogen) atoms. The lowest BCUT2D eigenvalue weighted by Crippen LogP contribution is -2.47. The lowest BCUT2D eigenvalue weighted by Gasteiger charge is -2.18. The van der Waals surface area contributed by atoms with Crippen molar-refractivity contribution in [1.29, 1.82) is 0 Å². The van der Waals surface area contributed by atoms with Crippen LogP contribution in [0.4, 0.5) is 0 Å². The van der Waals surface area contributed by atoms with Gasteiger partial charge in [-0.15, -0.1) is 0 Å². The van der Waals surface area contributed by atoms with Gasteiger partial charge in [0, 0.05) is 22.2 Å². The zero-order valence-electron chi connectivity index (χ0n) is 14.6. The van der Waals surface area contributed by atoms with E-state index in [1.807, 2.05) is 19.1 Å². The molecule has 2 N–H and O–H groups in total. The van der Waals surface area contributed by atoms with Crippen molar-refractivity contribution in [2.24, 2.45) is 0 Å². The summed E-state index contributed by atoms with van der Waals surface area (Å²) in [5.74, 6) is -0.443. The third-order valence-electron chi connectivity index (χ3n) is 3.94. The largest absolute Gasteiger partial charge is 0.354 e. The van der Waals surface area contributed by atoms with Crippen molar-refractivity contribution < 1.29 is 9.59 Å². The number of carbonyl (C=O) groups is 2. The van der Waals surface area contributed by atoms with Crippen LogP contribution in [0.3, 0.4) is 0 Å². The van der Waals surface area contributed by atoms with Crippen LogP contribution in [0.1, 0.15) is 35.7 Å². The van der Waals surface area contributed by atoms with Crippen LogP contribution in [0.25, 0.3) is 0 Å². The molecule has 0 aliphatic heterocycles. The van der Waals surface area contributed by atoms with E-state index >= 15 is 0 Å². The number of nitrogens with one attached hydrogen (secondary N) is 2. The van der Waals surface area contributed by atoms with Gasteiger partial charge >= 0.3 is 0 Å². The van der Waals surface area contributed by atoms with Crippen LogP contribution in [0, 0.1) is 0 Å². The maximum atomic E-state index is 12.4. The lowest BCUT2D eigenvalue weighted by molar-refractivity contribution is -0.123. The second kappa shape index (κ2) is 10.2. The molecule has 138 valence electrons. The molecule has 0 aromatic heterocycles. The highest BCUT2D eigenvalue weighted by Gasteiger charge is 2.20. The van der Waals surface area contributed by atoms with Crippen molar-refractivity contribution in [2.45, 2.75) is 32.2 Å². The molecule has 6 heteroatoms. The van der Waals surface area contributed by atoms with Crippen LogP contribution < -0.4 is 10.6 Å². The molecule has 0 saturated carbocycles. The Balaban J connectivity index is 1.90. The number of halogens is 2. The molecule has 1 unspecified atom stereocenters. The number of benzene rings is 2. The van der Waals surface area contributed by atoms with Gasteiger partial charge < -0.3 is 10.6 Å². The molecule has 2 aromatic carbocycles. The Morgan fingerprint density at radius 2 is 1.81 bits per heavy atom. The summed E-state index contributed by atoms with van der Waals surface area (Å²) in [5.41, 5.74) is 1.45. The number of hydrogen-bond acceptors (Lipinski definition) is 2. The van der Waals surface area contributed by atoms with E-state index < -0.39 is 6.04 Å². The number of amides is 2. The minimum Gasteiger partial charge on any atom is -0.354 e. The SMILES string of the molecule is CCCC(NC(=O)c1ccccc1)C(=O)NCCc1ccc(Cl)cc1Cl. The molecule has 2 rings (SSSR count). The third kappa shape index (κ3) is 6.04. The van der Waals surface area contributed by atoms with Crippen LogP contribution in [-0.2, 0) is 11.2 Å². The third-order valence-corrected chi connectivity index (χ3v) is 4.53. The normalized spacial score (nSPS) is 11.7. The molecular formula is C20H22Cl2N2O2. The second-order valence-corrected chi connectivity index (χ2v) is 6.80. The van der Waals surface area contributed by atoms with Gasteiger partial charge in [0.1, 0.15) is 6.04 Å². The van der Waals surface area contributed by atoms with Crippen molar-refractivity contribution in [3.8, 4) is 0 Å². The first-order valence-electron chi connectivity index (χ1n) is 8.58. The maximum absolute atomic E-state index is 12.4. The Hall–Kier alpha value is -2.04. The molecule has 0 aliphatic rings. The van der Waals surface area contributed by atoms with Gasteiger partial charge in [-0.2, -0.15) is 0 Å². The molecule has 0 spiro atoms. The zero-order valence-corrected chi connectivity index (χ0v) is 16.1. The summed E-state index contributed by atoms with van der Waals surface area (Å²) in [5, 5.41) is 6.83. The van der Waals surface area contributed by atoms with E-state index in [-0.39, 0.29) is 11.8 Å². The summed E-state index contributed by atoms with van der Waals surface area (Å²) >= 11 is 12.0. The molecule has 0 bridgehead atoms. The maximum Gasteiger partial charge on any atom is 0.251 e. The molecule has 0 fully saturated rings. The van der Waals surface area contributed by atoms with Crippen molar-refractivity contribution in [2.75, 3.05) is 6.54 Å². The number of hydrogen-bond donors (Lipinski definition) is 2. The van der Waals surface area contributed by atoms with E-state index in [9.17, 15) is 9.59 Å². The van der Waals surface area contributed by atoms with Crippen LogP contribution in [-0.4, -0.2) is 24.4 Å². The molecule has 1 atom stereocenters. The topological polar surface area (TPSA) is 58.2 Å². The van der Waals surface area contributed by atoms with Crippen LogP contribution in [0.5, 0.6) is 0 Å². The summed E-state index contributed by atoms with van der Waals surface area (Å²) in [6, 6.07) is 13.6. The average molecular weight is 393 g/mol. The highest BCUT2D eigenvalue weighted by Crippen LogP contribution is 2.21. The quantitative estimate of drug-likeness (QED) is 0.705. The first-order chi connectivity index (χ1) is 12.5. The van der Waals surface area contributed by atoms with Crippen LogP contribution in [0.2, 0.25) is 10.0 Å². The molecule has 0 aliphatic carbocycles. The predicted molar refractivity (Wildman–Crippen MR) is 106 cm³/mol. The van der Waals surface area contributed by atoms with Gasteiger partial charge in [-0.1, -0.05) is 60.8 Å². The predicted octanol–water partition coefficient (Wildman–Crippen LogP) is 4.25. The minimum absolute atomic E-state index is 0.193. The minimum atomic E-state index is -0.562. The van der Waals surface area contributed by atoms with Gasteiger partial charge in [0.25, 0.3) is 5.91 Å². The average Bonchev–Trinajstić information content (AvgIpc) is 2.63. The molecule has 0 saturated heterocycles. The van der Waals surface area contributed by atoms with Gasteiger partial charge in [0.2, 0.25) is 5.91 Å². The standard InChI is InChI=1S/C20H22Cl2N2O2/c1-2-6-18(24-19(25)15-7-4-3-5-8-15)20(26)23-12-11-14-9-10-16(21)13-17(14)22/h3-5,7-10,13,18H,2,6,11-12H2,1H3,(H,23,26)(H,24,25). The Kier molecular flexibility index (Phi) is 7.95. The van der Waals surface area contributed by atoms with E-state index in [0.717, 1.165) is 12.0 Å². The molecule has 0 heterocycles. The molecular weight excluding hydrogens is 371 g/mol. The summed E-state index contributed by atoms with van der Waals surface area (Å²) < 4.78 is 0. The van der Waals surface area contributed by atoms with E-state index in [1.165, 1.54) is 0 Å². The van der Waals surface area contributed by atoms with Gasteiger partial charge in [-0.3, -0.25) is 9.59 Å². The van der Waals surface area contributed by atoms with E-state index in [2.05, 4.69) is 10.6 Å². The zero-order chi connectivity index (χ0) is 18.9. The fourth-order valence-corrected chi connectivity index (χ4v) is 3.06. The molecule has 4 nitrogen and oxygen atoms in total. The van der Waals surface area contributed by atoms with Crippen molar-refractivity contribution >= 4 is 35.0 Å². The smallest absolute Gasteiger partial charge is 0.251 e. The van der Waals surface area contributed by atoms with Crippen molar-refractivity contribution in [3.05, 3.63) is 69.7 Å². The van der Waals surface area contributed by atoms with Crippen LogP contribution in [0.15, 0.2) is 48.5 Å². The lowest BCUT2D eigenvalue weighted by atomic mass is 10.1. The highest BCUT2D eigenvalue weighted by molar-refractivity contribution is 6.35. The fraction of sp³-hybridized carbons (Fsp3) is 0.300. The molecule has 2 amide bonds. The highest BCUT2D eigenvalue weighted by atomic mass is 35.5. The Labute approximate surface area is 163 Å². The molecule has 0 radical (unpaired) electrons. The summed E-state index contributed by atoms with van der Waals surface area (Å²) in [4.78, 5) is 24.7. The summed E-state index contributed by atoms with van der Waals surface area (Å²) in [7, 11) is 0. The summed E-state index contributed by atoms with van der Waals surface area (Å²) in [6.07, 6.45) is 1.95. The van der Waals surface area contributed by atoms with Gasteiger partial charge in [-0.05, 0) is 42.7 Å². The monoisotopic (exact) mass is 392 g/mol. The van der Waals surface area contributed by atoms with E-state index in [0.29, 0.717) is 35.0 Å². The van der Waals surface area contributed by atoms with E-state index in [4.69, 9.17) is 23.2 Å². The second-order valence-electron chi connectivity index (χ2n) is 5.96. The first kappa shape index (κ1) is 20.3. The van der Waals surface area contributed by atoms with E-state index in [1.54, 1.807) is 36.4 Å². The first-order valence-corrected chi connectivity index (χ1v) is 9.34. The Morgan fingerprint density at radius 3 is 2.46 bits per heavy atom. The van der Waals surface area contributed by atoms with Crippen molar-refractivity contribution in [1.82, 2.24) is 10.6 Å². The Bertz CT molecular complexity index is 751.